The fourth-order valence-electron chi connectivity index (χ4n) is 1.34. The third-order valence-electron chi connectivity index (χ3n) is 2.17. The van der Waals surface area contributed by atoms with Gasteiger partial charge in [0.2, 0.25) is 5.88 Å². The number of ether oxygens (including phenoxy) is 1. The van der Waals surface area contributed by atoms with E-state index in [1.807, 2.05) is 24.3 Å². The average Bonchev–Trinajstić information content (AvgIpc) is 2.37. The van der Waals surface area contributed by atoms with Crippen LogP contribution in [0.1, 0.15) is 5.56 Å². The van der Waals surface area contributed by atoms with Crippen molar-refractivity contribution in [3.05, 3.63) is 47.2 Å². The number of halogens is 1. The first-order chi connectivity index (χ1) is 8.28. The summed E-state index contributed by atoms with van der Waals surface area (Å²) in [6.07, 6.45) is 1.46. The largest absolute Gasteiger partial charge is 0.473 e. The van der Waals surface area contributed by atoms with Crippen LogP contribution in [0.5, 0.6) is 5.88 Å². The lowest BCUT2D eigenvalue weighted by atomic mass is 10.2. The fraction of sp³-hybridized carbons (Fsp3) is 0.167. The number of hydrogen-bond acceptors (Lipinski definition) is 4. The van der Waals surface area contributed by atoms with Crippen LogP contribution in [0.2, 0.25) is 5.02 Å². The fourth-order valence-corrected chi connectivity index (χ4v) is 1.55. The molecule has 0 amide bonds. The van der Waals surface area contributed by atoms with E-state index in [0.29, 0.717) is 17.5 Å². The maximum atomic E-state index is 5.88. The summed E-state index contributed by atoms with van der Waals surface area (Å²) in [4.78, 5) is 8.02. The Morgan fingerprint density at radius 3 is 2.94 bits per heavy atom. The van der Waals surface area contributed by atoms with Gasteiger partial charge < -0.3 is 10.1 Å². The SMILES string of the molecule is CNc1cc(OCc2cccc(Cl)c2)ncn1. The first-order valence-electron chi connectivity index (χ1n) is 5.15. The quantitative estimate of drug-likeness (QED) is 0.905. The zero-order valence-corrected chi connectivity index (χ0v) is 10.1. The number of rotatable bonds is 4. The van der Waals surface area contributed by atoms with Crippen molar-refractivity contribution in [2.75, 3.05) is 12.4 Å². The summed E-state index contributed by atoms with van der Waals surface area (Å²) < 4.78 is 5.54. The molecule has 0 aliphatic carbocycles. The standard InChI is InChI=1S/C12H12ClN3O/c1-14-11-6-12(16-8-15-11)17-7-9-3-2-4-10(13)5-9/h2-6,8H,7H2,1H3,(H,14,15,16). The highest BCUT2D eigenvalue weighted by Crippen LogP contribution is 2.15. The molecule has 4 nitrogen and oxygen atoms in total. The molecule has 2 aromatic rings. The van der Waals surface area contributed by atoms with Crippen LogP contribution in [0.3, 0.4) is 0 Å². The third-order valence-corrected chi connectivity index (χ3v) is 2.41. The lowest BCUT2D eigenvalue weighted by Gasteiger charge is -2.06. The van der Waals surface area contributed by atoms with E-state index in [2.05, 4.69) is 15.3 Å². The summed E-state index contributed by atoms with van der Waals surface area (Å²) in [6.45, 7) is 0.431. The Morgan fingerprint density at radius 1 is 1.29 bits per heavy atom. The molecule has 0 unspecified atom stereocenters. The van der Waals surface area contributed by atoms with E-state index in [1.165, 1.54) is 6.33 Å². The topological polar surface area (TPSA) is 47.0 Å². The lowest BCUT2D eigenvalue weighted by Crippen LogP contribution is -1.99. The van der Waals surface area contributed by atoms with E-state index >= 15 is 0 Å². The van der Waals surface area contributed by atoms with Crippen LogP contribution in [0.15, 0.2) is 36.7 Å². The summed E-state index contributed by atoms with van der Waals surface area (Å²) >= 11 is 5.88. The minimum absolute atomic E-state index is 0.431. The average molecular weight is 250 g/mol. The molecule has 0 aliphatic rings. The zero-order valence-electron chi connectivity index (χ0n) is 9.35. The number of benzene rings is 1. The van der Waals surface area contributed by atoms with Crippen LogP contribution in [0, 0.1) is 0 Å². The molecular weight excluding hydrogens is 238 g/mol. The minimum Gasteiger partial charge on any atom is -0.473 e. The van der Waals surface area contributed by atoms with Gasteiger partial charge in [0.05, 0.1) is 0 Å². The van der Waals surface area contributed by atoms with E-state index in [4.69, 9.17) is 16.3 Å². The molecule has 0 fully saturated rings. The van der Waals surface area contributed by atoms with Gasteiger partial charge in [-0.3, -0.25) is 0 Å². The first-order valence-corrected chi connectivity index (χ1v) is 5.53. The van der Waals surface area contributed by atoms with Crippen LogP contribution in [0.4, 0.5) is 5.82 Å². The Balaban J connectivity index is 2.02. The van der Waals surface area contributed by atoms with Gasteiger partial charge in [-0.05, 0) is 17.7 Å². The normalized spacial score (nSPS) is 10.0. The van der Waals surface area contributed by atoms with E-state index in [-0.39, 0.29) is 0 Å². The van der Waals surface area contributed by atoms with Crippen molar-refractivity contribution >= 4 is 17.4 Å². The van der Waals surface area contributed by atoms with Gasteiger partial charge in [0.25, 0.3) is 0 Å². The Morgan fingerprint density at radius 2 is 2.18 bits per heavy atom. The van der Waals surface area contributed by atoms with Crippen LogP contribution in [0.25, 0.3) is 0 Å². The Labute approximate surface area is 105 Å². The summed E-state index contributed by atoms with van der Waals surface area (Å²) in [5, 5.41) is 3.62. The zero-order chi connectivity index (χ0) is 12.1. The van der Waals surface area contributed by atoms with E-state index in [0.717, 1.165) is 11.4 Å². The van der Waals surface area contributed by atoms with Crippen LogP contribution >= 0.6 is 11.6 Å². The summed E-state index contributed by atoms with van der Waals surface area (Å²) in [6, 6.07) is 9.27. The van der Waals surface area contributed by atoms with Crippen LogP contribution < -0.4 is 10.1 Å². The lowest BCUT2D eigenvalue weighted by molar-refractivity contribution is 0.293. The van der Waals surface area contributed by atoms with Gasteiger partial charge in [0, 0.05) is 18.1 Å². The van der Waals surface area contributed by atoms with Crippen molar-refractivity contribution in [1.29, 1.82) is 0 Å². The van der Waals surface area contributed by atoms with Gasteiger partial charge in [-0.1, -0.05) is 23.7 Å². The van der Waals surface area contributed by atoms with Gasteiger partial charge in [-0.2, -0.15) is 0 Å². The van der Waals surface area contributed by atoms with Gasteiger partial charge in [-0.25, -0.2) is 9.97 Å². The third kappa shape index (κ3) is 3.32. The smallest absolute Gasteiger partial charge is 0.218 e. The molecule has 0 spiro atoms. The predicted octanol–water partition coefficient (Wildman–Crippen LogP) is 2.75. The Kier molecular flexibility index (Phi) is 3.77. The minimum atomic E-state index is 0.431. The molecule has 0 atom stereocenters. The van der Waals surface area contributed by atoms with Crippen molar-refractivity contribution < 1.29 is 4.74 Å². The van der Waals surface area contributed by atoms with Crippen LogP contribution in [-0.2, 0) is 6.61 Å². The van der Waals surface area contributed by atoms with Crippen molar-refractivity contribution in [2.24, 2.45) is 0 Å². The Hall–Kier alpha value is -1.81. The van der Waals surface area contributed by atoms with Gasteiger partial charge in [-0.15, -0.1) is 0 Å². The highest BCUT2D eigenvalue weighted by molar-refractivity contribution is 6.30. The molecule has 1 heterocycles. The molecule has 0 bridgehead atoms. The van der Waals surface area contributed by atoms with Crippen LogP contribution in [-0.4, -0.2) is 17.0 Å². The Bertz CT molecular complexity index is 505. The van der Waals surface area contributed by atoms with Gasteiger partial charge >= 0.3 is 0 Å². The van der Waals surface area contributed by atoms with E-state index in [9.17, 15) is 0 Å². The van der Waals surface area contributed by atoms with Gasteiger partial charge in [0.1, 0.15) is 18.8 Å². The van der Waals surface area contributed by atoms with Crippen molar-refractivity contribution in [3.8, 4) is 5.88 Å². The maximum absolute atomic E-state index is 5.88. The number of nitrogens with zero attached hydrogens (tertiary/aromatic N) is 2. The van der Waals surface area contributed by atoms with Crippen molar-refractivity contribution in [1.82, 2.24) is 9.97 Å². The highest BCUT2D eigenvalue weighted by Gasteiger charge is 1.99. The molecular formula is C12H12ClN3O. The summed E-state index contributed by atoms with van der Waals surface area (Å²) in [5.74, 6) is 1.26. The highest BCUT2D eigenvalue weighted by atomic mass is 35.5. The van der Waals surface area contributed by atoms with Crippen molar-refractivity contribution in [3.63, 3.8) is 0 Å². The number of aromatic nitrogens is 2. The monoisotopic (exact) mass is 249 g/mol. The second kappa shape index (κ2) is 5.50. The molecule has 88 valence electrons. The maximum Gasteiger partial charge on any atom is 0.218 e. The molecule has 1 N–H and O–H groups in total. The summed E-state index contributed by atoms with van der Waals surface area (Å²) in [5.41, 5.74) is 1.00. The number of hydrogen-bond donors (Lipinski definition) is 1. The molecule has 1 aromatic heterocycles. The van der Waals surface area contributed by atoms with E-state index in [1.54, 1.807) is 13.1 Å². The molecule has 1 aromatic carbocycles. The molecule has 0 aliphatic heterocycles. The second-order valence-corrected chi connectivity index (χ2v) is 3.85. The number of anilines is 1. The molecule has 0 saturated carbocycles. The molecule has 0 saturated heterocycles. The van der Waals surface area contributed by atoms with Crippen molar-refractivity contribution in [2.45, 2.75) is 6.61 Å². The molecule has 2 rings (SSSR count). The van der Waals surface area contributed by atoms with Gasteiger partial charge in [0.15, 0.2) is 0 Å². The number of nitrogens with one attached hydrogen (secondary N) is 1. The molecule has 17 heavy (non-hydrogen) atoms. The molecule has 0 radical (unpaired) electrons. The summed E-state index contributed by atoms with van der Waals surface area (Å²) in [7, 11) is 1.79. The predicted molar refractivity (Wildman–Crippen MR) is 67.4 cm³/mol. The molecule has 5 heteroatoms. The first kappa shape index (κ1) is 11.7. The second-order valence-electron chi connectivity index (χ2n) is 3.41. The van der Waals surface area contributed by atoms with E-state index < -0.39 is 0 Å².